The second-order valence-corrected chi connectivity index (χ2v) is 5.04. The maximum atomic E-state index is 10.4. The third-order valence-corrected chi connectivity index (χ3v) is 3.64. The zero-order valence-electron chi connectivity index (χ0n) is 12.9. The first-order valence-electron chi connectivity index (χ1n) is 6.88. The van der Waals surface area contributed by atoms with E-state index in [4.69, 9.17) is 9.47 Å². The predicted molar refractivity (Wildman–Crippen MR) is 81.9 cm³/mol. The summed E-state index contributed by atoms with van der Waals surface area (Å²) in [5.74, 6) is 1.61. The van der Waals surface area contributed by atoms with Gasteiger partial charge in [-0.15, -0.1) is 0 Å². The number of hydrogen-bond donors (Lipinski definition) is 1. The van der Waals surface area contributed by atoms with Crippen molar-refractivity contribution < 1.29 is 14.6 Å². The molecule has 1 heterocycles. The minimum atomic E-state index is -0.602. The van der Waals surface area contributed by atoms with E-state index in [9.17, 15) is 5.11 Å². The van der Waals surface area contributed by atoms with Gasteiger partial charge in [-0.3, -0.25) is 4.98 Å². The smallest absolute Gasteiger partial charge is 0.128 e. The van der Waals surface area contributed by atoms with Gasteiger partial charge in [0.15, 0.2) is 0 Å². The Morgan fingerprint density at radius 3 is 2.33 bits per heavy atom. The molecule has 0 amide bonds. The van der Waals surface area contributed by atoms with Crippen LogP contribution in [-0.4, -0.2) is 24.3 Å². The number of aliphatic hydroxyl groups excluding tert-OH is 1. The van der Waals surface area contributed by atoms with Crippen molar-refractivity contribution in [3.05, 3.63) is 52.8 Å². The molecule has 0 aliphatic carbocycles. The molecule has 0 saturated heterocycles. The lowest BCUT2D eigenvalue weighted by atomic mass is 10.0. The molecule has 1 aromatic carbocycles. The van der Waals surface area contributed by atoms with Crippen molar-refractivity contribution in [3.8, 4) is 11.5 Å². The van der Waals surface area contributed by atoms with Gasteiger partial charge in [0.2, 0.25) is 0 Å². The Hall–Kier alpha value is -2.07. The van der Waals surface area contributed by atoms with Crippen molar-refractivity contribution >= 4 is 0 Å². The Kier molecular flexibility index (Phi) is 4.81. The molecule has 0 bridgehead atoms. The highest BCUT2D eigenvalue weighted by atomic mass is 16.5. The van der Waals surface area contributed by atoms with Gasteiger partial charge in [0.1, 0.15) is 11.5 Å². The van der Waals surface area contributed by atoms with Crippen molar-refractivity contribution in [1.29, 1.82) is 0 Å². The average molecular weight is 287 g/mol. The zero-order chi connectivity index (χ0) is 15.4. The molecule has 2 rings (SSSR count). The summed E-state index contributed by atoms with van der Waals surface area (Å²) in [5.41, 5.74) is 3.67. The van der Waals surface area contributed by atoms with Crippen molar-refractivity contribution in [1.82, 2.24) is 4.98 Å². The molecule has 1 aromatic heterocycles. The molecular weight excluding hydrogens is 266 g/mol. The summed E-state index contributed by atoms with van der Waals surface area (Å²) in [6.45, 7) is 3.93. The third-order valence-electron chi connectivity index (χ3n) is 3.64. The third kappa shape index (κ3) is 3.34. The van der Waals surface area contributed by atoms with E-state index in [0.29, 0.717) is 6.42 Å². The van der Waals surface area contributed by atoms with Crippen molar-refractivity contribution in [3.63, 3.8) is 0 Å². The Labute approximate surface area is 125 Å². The molecule has 1 N–H and O–H groups in total. The molecule has 0 saturated carbocycles. The summed E-state index contributed by atoms with van der Waals surface area (Å²) in [6, 6.07) is 7.41. The molecule has 0 fully saturated rings. The minimum absolute atomic E-state index is 0.453. The normalized spacial score (nSPS) is 12.0. The monoisotopic (exact) mass is 287 g/mol. The molecule has 0 spiro atoms. The molecule has 21 heavy (non-hydrogen) atoms. The highest BCUT2D eigenvalue weighted by Gasteiger charge is 2.15. The molecule has 4 heteroatoms. The van der Waals surface area contributed by atoms with Gasteiger partial charge < -0.3 is 14.6 Å². The standard InChI is InChI=1S/C17H21NO3/c1-11-10-18-15(12(2)17(11)21-4)9-16(19)13-5-7-14(20-3)8-6-13/h5-8,10,16,19H,9H2,1-4H3. The summed E-state index contributed by atoms with van der Waals surface area (Å²) >= 11 is 0. The second kappa shape index (κ2) is 6.59. The van der Waals surface area contributed by atoms with Crippen LogP contribution in [0.25, 0.3) is 0 Å². The van der Waals surface area contributed by atoms with E-state index in [1.54, 1.807) is 20.4 Å². The molecule has 0 aliphatic heterocycles. The fraction of sp³-hybridized carbons (Fsp3) is 0.353. The zero-order valence-corrected chi connectivity index (χ0v) is 12.9. The van der Waals surface area contributed by atoms with Crippen LogP contribution in [0, 0.1) is 13.8 Å². The first-order chi connectivity index (χ1) is 10.1. The van der Waals surface area contributed by atoms with Gasteiger partial charge in [-0.2, -0.15) is 0 Å². The number of pyridine rings is 1. The van der Waals surface area contributed by atoms with Crippen LogP contribution in [0.1, 0.15) is 28.5 Å². The molecule has 2 aromatic rings. The molecule has 112 valence electrons. The topological polar surface area (TPSA) is 51.6 Å². The Bertz CT molecular complexity index is 608. The number of methoxy groups -OCH3 is 2. The van der Waals surface area contributed by atoms with Crippen LogP contribution in [0.15, 0.2) is 30.5 Å². The van der Waals surface area contributed by atoms with Crippen LogP contribution >= 0.6 is 0 Å². The lowest BCUT2D eigenvalue weighted by Crippen LogP contribution is -2.07. The van der Waals surface area contributed by atoms with E-state index in [1.165, 1.54) is 0 Å². The lowest BCUT2D eigenvalue weighted by molar-refractivity contribution is 0.176. The van der Waals surface area contributed by atoms with E-state index in [2.05, 4.69) is 4.98 Å². The van der Waals surface area contributed by atoms with Gasteiger partial charge in [-0.25, -0.2) is 0 Å². The number of aromatic nitrogens is 1. The van der Waals surface area contributed by atoms with E-state index in [1.807, 2.05) is 38.1 Å². The second-order valence-electron chi connectivity index (χ2n) is 5.04. The fourth-order valence-corrected chi connectivity index (χ4v) is 2.40. The number of aryl methyl sites for hydroxylation is 1. The molecule has 4 nitrogen and oxygen atoms in total. The maximum absolute atomic E-state index is 10.4. The maximum Gasteiger partial charge on any atom is 0.128 e. The van der Waals surface area contributed by atoms with Gasteiger partial charge in [0.25, 0.3) is 0 Å². The first kappa shape index (κ1) is 15.3. The Balaban J connectivity index is 2.20. The highest BCUT2D eigenvalue weighted by Crippen LogP contribution is 2.27. The number of nitrogens with zero attached hydrogens (tertiary/aromatic N) is 1. The lowest BCUT2D eigenvalue weighted by Gasteiger charge is -2.15. The van der Waals surface area contributed by atoms with Crippen LogP contribution in [0.5, 0.6) is 11.5 Å². The summed E-state index contributed by atoms with van der Waals surface area (Å²) in [7, 11) is 3.27. The quantitative estimate of drug-likeness (QED) is 0.918. The van der Waals surface area contributed by atoms with Crippen LogP contribution in [0.4, 0.5) is 0 Å². The summed E-state index contributed by atoms with van der Waals surface area (Å²) < 4.78 is 10.5. The Morgan fingerprint density at radius 2 is 1.76 bits per heavy atom. The van der Waals surface area contributed by atoms with Crippen molar-refractivity contribution in [2.45, 2.75) is 26.4 Å². The highest BCUT2D eigenvalue weighted by molar-refractivity contribution is 5.41. The predicted octanol–water partition coefficient (Wildman–Crippen LogP) is 2.99. The largest absolute Gasteiger partial charge is 0.497 e. The van der Waals surface area contributed by atoms with Crippen LogP contribution in [-0.2, 0) is 6.42 Å². The number of hydrogen-bond acceptors (Lipinski definition) is 4. The van der Waals surface area contributed by atoms with Crippen molar-refractivity contribution in [2.24, 2.45) is 0 Å². The molecule has 0 radical (unpaired) electrons. The SMILES string of the molecule is COc1ccc(C(O)Cc2ncc(C)c(OC)c2C)cc1. The summed E-state index contributed by atoms with van der Waals surface area (Å²) in [4.78, 5) is 4.42. The van der Waals surface area contributed by atoms with Crippen LogP contribution in [0.3, 0.4) is 0 Å². The fourth-order valence-electron chi connectivity index (χ4n) is 2.40. The number of aliphatic hydroxyl groups is 1. The van der Waals surface area contributed by atoms with E-state index in [0.717, 1.165) is 33.9 Å². The molecule has 0 aliphatic rings. The number of rotatable bonds is 5. The minimum Gasteiger partial charge on any atom is -0.497 e. The van der Waals surface area contributed by atoms with Crippen LogP contribution < -0.4 is 9.47 Å². The van der Waals surface area contributed by atoms with Gasteiger partial charge in [-0.05, 0) is 31.5 Å². The number of benzene rings is 1. The van der Waals surface area contributed by atoms with E-state index in [-0.39, 0.29) is 0 Å². The average Bonchev–Trinajstić information content (AvgIpc) is 2.50. The van der Waals surface area contributed by atoms with Gasteiger partial charge in [0.05, 0.1) is 20.3 Å². The van der Waals surface area contributed by atoms with E-state index >= 15 is 0 Å². The van der Waals surface area contributed by atoms with Gasteiger partial charge >= 0.3 is 0 Å². The molecule has 1 atom stereocenters. The molecular formula is C17H21NO3. The first-order valence-corrected chi connectivity index (χ1v) is 6.88. The summed E-state index contributed by atoms with van der Waals surface area (Å²) in [5, 5.41) is 10.4. The van der Waals surface area contributed by atoms with Crippen LogP contribution in [0.2, 0.25) is 0 Å². The van der Waals surface area contributed by atoms with Gasteiger partial charge in [-0.1, -0.05) is 12.1 Å². The van der Waals surface area contributed by atoms with Gasteiger partial charge in [0, 0.05) is 29.4 Å². The molecule has 1 unspecified atom stereocenters. The van der Waals surface area contributed by atoms with E-state index < -0.39 is 6.10 Å². The van der Waals surface area contributed by atoms with Crippen molar-refractivity contribution in [2.75, 3.05) is 14.2 Å². The Morgan fingerprint density at radius 1 is 1.10 bits per heavy atom. The summed E-state index contributed by atoms with van der Waals surface area (Å²) in [6.07, 6.45) is 1.63. The number of ether oxygens (including phenoxy) is 2.